The van der Waals surface area contributed by atoms with E-state index in [4.69, 9.17) is 0 Å². The van der Waals surface area contributed by atoms with E-state index in [0.29, 0.717) is 5.92 Å². The summed E-state index contributed by atoms with van der Waals surface area (Å²) in [5.41, 5.74) is 0.951. The normalized spacial score (nSPS) is 10.0. The minimum atomic E-state index is 0.0727. The molecule has 0 bridgehead atoms. The average molecular weight is 270 g/mol. The molecule has 1 heterocycles. The predicted molar refractivity (Wildman–Crippen MR) is 79.6 cm³/mol. The molecule has 0 spiro atoms. The third-order valence-corrected chi connectivity index (χ3v) is 3.43. The van der Waals surface area contributed by atoms with Crippen LogP contribution in [0.5, 0.6) is 0 Å². The largest absolute Gasteiger partial charge is 0.344 e. The molecule has 0 aliphatic carbocycles. The highest BCUT2D eigenvalue weighted by Gasteiger charge is 2.20. The molecule has 0 fully saturated rings. The summed E-state index contributed by atoms with van der Waals surface area (Å²) in [6.45, 7) is 10.3. The van der Waals surface area contributed by atoms with Crippen LogP contribution in [0, 0.1) is 0 Å². The Labute approximate surface area is 115 Å². The standard InChI is InChI=1S/C12H20N2OS.C2H6/c1-6-7-9-13-10(8(2)3)11(16-9)12(15)14(4)5;1-2/h8H,6-7H2,1-5H3;1-2H3. The van der Waals surface area contributed by atoms with E-state index < -0.39 is 0 Å². The number of thiazole rings is 1. The maximum Gasteiger partial charge on any atom is 0.265 e. The second-order valence-electron chi connectivity index (χ2n) is 4.43. The molecule has 0 aliphatic rings. The van der Waals surface area contributed by atoms with Crippen molar-refractivity contribution in [3.8, 4) is 0 Å². The van der Waals surface area contributed by atoms with E-state index in [0.717, 1.165) is 28.4 Å². The van der Waals surface area contributed by atoms with E-state index in [1.807, 2.05) is 13.8 Å². The molecule has 0 atom stereocenters. The fourth-order valence-electron chi connectivity index (χ4n) is 1.45. The van der Waals surface area contributed by atoms with Crippen LogP contribution in [0.15, 0.2) is 0 Å². The van der Waals surface area contributed by atoms with Gasteiger partial charge in [0, 0.05) is 14.1 Å². The maximum absolute atomic E-state index is 12.0. The topological polar surface area (TPSA) is 33.2 Å². The van der Waals surface area contributed by atoms with Crippen LogP contribution >= 0.6 is 11.3 Å². The van der Waals surface area contributed by atoms with Crippen molar-refractivity contribution >= 4 is 17.2 Å². The van der Waals surface area contributed by atoms with Crippen molar-refractivity contribution in [3.05, 3.63) is 15.6 Å². The van der Waals surface area contributed by atoms with Crippen LogP contribution in [-0.4, -0.2) is 29.9 Å². The molecule has 3 nitrogen and oxygen atoms in total. The van der Waals surface area contributed by atoms with Gasteiger partial charge < -0.3 is 4.90 Å². The first kappa shape index (κ1) is 17.1. The maximum atomic E-state index is 12.0. The number of aryl methyl sites for hydroxylation is 1. The van der Waals surface area contributed by atoms with Crippen molar-refractivity contribution in [2.45, 2.75) is 53.4 Å². The van der Waals surface area contributed by atoms with Gasteiger partial charge in [0.2, 0.25) is 0 Å². The van der Waals surface area contributed by atoms with Crippen molar-refractivity contribution in [2.24, 2.45) is 0 Å². The molecule has 0 saturated carbocycles. The zero-order chi connectivity index (χ0) is 14.3. The monoisotopic (exact) mass is 270 g/mol. The Balaban J connectivity index is 0.00000137. The molecule has 0 aromatic carbocycles. The lowest BCUT2D eigenvalue weighted by molar-refractivity contribution is 0.0830. The van der Waals surface area contributed by atoms with E-state index in [2.05, 4.69) is 25.8 Å². The number of hydrogen-bond donors (Lipinski definition) is 0. The minimum Gasteiger partial charge on any atom is -0.344 e. The number of nitrogens with zero attached hydrogens (tertiary/aromatic N) is 2. The molecule has 0 aliphatic heterocycles. The summed E-state index contributed by atoms with van der Waals surface area (Å²) in [4.78, 5) is 19.0. The first-order valence-electron chi connectivity index (χ1n) is 6.68. The number of hydrogen-bond acceptors (Lipinski definition) is 3. The zero-order valence-corrected chi connectivity index (χ0v) is 13.5. The Bertz CT molecular complexity index is 370. The molecule has 1 aromatic heterocycles. The molecule has 0 saturated heterocycles. The lowest BCUT2D eigenvalue weighted by Gasteiger charge is -2.10. The quantitative estimate of drug-likeness (QED) is 0.830. The van der Waals surface area contributed by atoms with Gasteiger partial charge in [0.15, 0.2) is 0 Å². The molecule has 0 unspecified atom stereocenters. The summed E-state index contributed by atoms with van der Waals surface area (Å²) in [5.74, 6) is 0.379. The van der Waals surface area contributed by atoms with Gasteiger partial charge in [-0.3, -0.25) is 4.79 Å². The first-order valence-corrected chi connectivity index (χ1v) is 7.50. The molecule has 18 heavy (non-hydrogen) atoms. The summed E-state index contributed by atoms with van der Waals surface area (Å²) < 4.78 is 0. The fourth-order valence-corrected chi connectivity index (χ4v) is 2.79. The van der Waals surface area contributed by atoms with Gasteiger partial charge in [-0.1, -0.05) is 34.6 Å². The second-order valence-corrected chi connectivity index (χ2v) is 5.51. The van der Waals surface area contributed by atoms with E-state index in [9.17, 15) is 4.79 Å². The van der Waals surface area contributed by atoms with Gasteiger partial charge in [0.25, 0.3) is 5.91 Å². The minimum absolute atomic E-state index is 0.0727. The smallest absolute Gasteiger partial charge is 0.265 e. The van der Waals surface area contributed by atoms with Crippen LogP contribution in [0.3, 0.4) is 0 Å². The number of aromatic nitrogens is 1. The van der Waals surface area contributed by atoms with Crippen molar-refractivity contribution in [2.75, 3.05) is 14.1 Å². The molecule has 1 rings (SSSR count). The summed E-state index contributed by atoms with van der Waals surface area (Å²) in [7, 11) is 3.57. The Hall–Kier alpha value is -0.900. The highest BCUT2D eigenvalue weighted by Crippen LogP contribution is 2.26. The third kappa shape index (κ3) is 4.41. The molecule has 1 aromatic rings. The molecular formula is C14H26N2OS. The van der Waals surface area contributed by atoms with E-state index in [1.165, 1.54) is 0 Å². The van der Waals surface area contributed by atoms with Gasteiger partial charge in [-0.25, -0.2) is 4.98 Å². The van der Waals surface area contributed by atoms with Crippen molar-refractivity contribution in [3.63, 3.8) is 0 Å². The lowest BCUT2D eigenvalue weighted by atomic mass is 10.1. The van der Waals surface area contributed by atoms with Crippen molar-refractivity contribution < 1.29 is 4.79 Å². The van der Waals surface area contributed by atoms with E-state index in [1.54, 1.807) is 30.3 Å². The van der Waals surface area contributed by atoms with Gasteiger partial charge in [0.1, 0.15) is 4.88 Å². The van der Waals surface area contributed by atoms with E-state index in [-0.39, 0.29) is 5.91 Å². The number of amides is 1. The summed E-state index contributed by atoms with van der Waals surface area (Å²) in [6, 6.07) is 0. The van der Waals surface area contributed by atoms with Crippen molar-refractivity contribution in [1.29, 1.82) is 0 Å². The van der Waals surface area contributed by atoms with Gasteiger partial charge >= 0.3 is 0 Å². The van der Waals surface area contributed by atoms with E-state index >= 15 is 0 Å². The highest BCUT2D eigenvalue weighted by molar-refractivity contribution is 7.13. The molecule has 0 radical (unpaired) electrons. The average Bonchev–Trinajstić information content (AvgIpc) is 2.75. The van der Waals surface area contributed by atoms with Crippen LogP contribution in [0.25, 0.3) is 0 Å². The highest BCUT2D eigenvalue weighted by atomic mass is 32.1. The SMILES string of the molecule is CC.CCCc1nc(C(C)C)c(C(=O)N(C)C)s1. The fraction of sp³-hybridized carbons (Fsp3) is 0.714. The number of rotatable bonds is 4. The molecule has 104 valence electrons. The van der Waals surface area contributed by atoms with Crippen LogP contribution in [0.2, 0.25) is 0 Å². The third-order valence-electron chi connectivity index (χ3n) is 2.31. The van der Waals surface area contributed by atoms with Crippen molar-refractivity contribution in [1.82, 2.24) is 9.88 Å². The Morgan fingerprint density at radius 2 is 1.89 bits per heavy atom. The Kier molecular flexibility index (Phi) is 7.83. The molecule has 4 heteroatoms. The van der Waals surface area contributed by atoms with Crippen LogP contribution < -0.4 is 0 Å². The number of carbonyl (C=O) groups is 1. The lowest BCUT2D eigenvalue weighted by Crippen LogP contribution is -2.22. The predicted octanol–water partition coefficient (Wildman–Crippen LogP) is 3.95. The molecule has 1 amide bonds. The number of carbonyl (C=O) groups excluding carboxylic acids is 1. The van der Waals surface area contributed by atoms with Crippen LogP contribution in [0.4, 0.5) is 0 Å². The first-order chi connectivity index (χ1) is 8.47. The molecule has 0 N–H and O–H groups in total. The summed E-state index contributed by atoms with van der Waals surface area (Å²) in [6.07, 6.45) is 2.03. The molecular weight excluding hydrogens is 244 g/mol. The van der Waals surface area contributed by atoms with Crippen LogP contribution in [0.1, 0.15) is 67.3 Å². The Morgan fingerprint density at radius 3 is 2.28 bits per heavy atom. The summed E-state index contributed by atoms with van der Waals surface area (Å²) in [5, 5.41) is 1.08. The van der Waals surface area contributed by atoms with Crippen LogP contribution in [-0.2, 0) is 6.42 Å². The summed E-state index contributed by atoms with van der Waals surface area (Å²) >= 11 is 1.55. The van der Waals surface area contributed by atoms with Gasteiger partial charge in [-0.15, -0.1) is 11.3 Å². The van der Waals surface area contributed by atoms with Gasteiger partial charge in [0.05, 0.1) is 10.7 Å². The van der Waals surface area contributed by atoms with Gasteiger partial charge in [-0.05, 0) is 18.8 Å². The Morgan fingerprint density at radius 1 is 1.33 bits per heavy atom. The van der Waals surface area contributed by atoms with Gasteiger partial charge in [-0.2, -0.15) is 0 Å². The zero-order valence-electron chi connectivity index (χ0n) is 12.7. The second kappa shape index (κ2) is 8.25.